The third-order valence-corrected chi connectivity index (χ3v) is 6.75. The Labute approximate surface area is 138 Å². The third-order valence-electron chi connectivity index (χ3n) is 4.54. The lowest BCUT2D eigenvalue weighted by Gasteiger charge is -2.33. The van der Waals surface area contributed by atoms with Crippen molar-refractivity contribution >= 4 is 25.1 Å². The van der Waals surface area contributed by atoms with Gasteiger partial charge in [0.15, 0.2) is 0 Å². The van der Waals surface area contributed by atoms with E-state index < -0.39 is 7.59 Å². The maximum Gasteiger partial charge on any atom is 0.306 e. The molecule has 128 valence electrons. The standard InChI is InChI=1S/C15H29ClN3O2P/c16-12-11-15(20)19-22(21,17-13-7-3-1-4-8-13)18-14-9-5-2-6-10-14/h13-14H,1-12H2,(H3,17,18,19,20,21). The van der Waals surface area contributed by atoms with Gasteiger partial charge in [-0.3, -0.25) is 14.4 Å². The van der Waals surface area contributed by atoms with Crippen LogP contribution in [0.2, 0.25) is 0 Å². The van der Waals surface area contributed by atoms with Gasteiger partial charge in [-0.1, -0.05) is 38.5 Å². The van der Waals surface area contributed by atoms with Gasteiger partial charge >= 0.3 is 7.59 Å². The molecule has 0 bridgehead atoms. The van der Waals surface area contributed by atoms with Crippen LogP contribution in [-0.2, 0) is 9.36 Å². The molecule has 0 aromatic heterocycles. The molecule has 2 rings (SSSR count). The number of nitrogens with one attached hydrogen (secondary N) is 3. The van der Waals surface area contributed by atoms with Crippen molar-refractivity contribution < 1.29 is 9.36 Å². The van der Waals surface area contributed by atoms with Crippen LogP contribution in [-0.4, -0.2) is 23.9 Å². The van der Waals surface area contributed by atoms with Crippen LogP contribution in [0, 0.1) is 0 Å². The van der Waals surface area contributed by atoms with Gasteiger partial charge in [0.05, 0.1) is 0 Å². The summed E-state index contributed by atoms with van der Waals surface area (Å²) in [6, 6.07) is 0.457. The van der Waals surface area contributed by atoms with Crippen molar-refractivity contribution in [2.75, 3.05) is 5.88 Å². The lowest BCUT2D eigenvalue weighted by Crippen LogP contribution is -2.44. The first-order valence-electron chi connectivity index (χ1n) is 8.64. The third kappa shape index (κ3) is 6.19. The number of hydrogen-bond donors (Lipinski definition) is 3. The summed E-state index contributed by atoms with van der Waals surface area (Å²) in [5, 5.41) is 9.18. The van der Waals surface area contributed by atoms with Crippen LogP contribution in [0.4, 0.5) is 0 Å². The molecule has 0 aromatic rings. The van der Waals surface area contributed by atoms with Crippen LogP contribution in [0.15, 0.2) is 0 Å². The maximum atomic E-state index is 13.2. The minimum absolute atomic E-state index is 0.199. The van der Waals surface area contributed by atoms with E-state index in [1.807, 2.05) is 0 Å². The zero-order chi connectivity index (χ0) is 15.8. The molecule has 1 amide bonds. The van der Waals surface area contributed by atoms with E-state index in [1.165, 1.54) is 12.8 Å². The Kier molecular flexibility index (Phi) is 7.69. The molecule has 7 heteroatoms. The van der Waals surface area contributed by atoms with Crippen molar-refractivity contribution in [1.29, 1.82) is 0 Å². The molecule has 2 saturated carbocycles. The highest BCUT2D eigenvalue weighted by molar-refractivity contribution is 7.58. The summed E-state index contributed by atoms with van der Waals surface area (Å²) in [5.41, 5.74) is 0. The number of carbonyl (C=O) groups excluding carboxylic acids is 1. The number of hydrogen-bond acceptors (Lipinski definition) is 2. The first kappa shape index (κ1) is 18.3. The van der Waals surface area contributed by atoms with E-state index in [9.17, 15) is 9.36 Å². The fourth-order valence-electron chi connectivity index (χ4n) is 3.40. The molecule has 3 N–H and O–H groups in total. The van der Waals surface area contributed by atoms with Gasteiger partial charge in [0.25, 0.3) is 0 Å². The Hall–Kier alpha value is -0.0900. The van der Waals surface area contributed by atoms with Gasteiger partial charge in [0.1, 0.15) is 0 Å². The van der Waals surface area contributed by atoms with Crippen LogP contribution in [0.3, 0.4) is 0 Å². The molecule has 2 fully saturated rings. The molecule has 2 aliphatic carbocycles. The van der Waals surface area contributed by atoms with Gasteiger partial charge in [-0.05, 0) is 25.7 Å². The normalized spacial score (nSPS) is 21.7. The summed E-state index contributed by atoms with van der Waals surface area (Å²) in [7, 11) is -3.10. The van der Waals surface area contributed by atoms with Gasteiger partial charge in [0.2, 0.25) is 5.91 Å². The molecular formula is C15H29ClN3O2P. The van der Waals surface area contributed by atoms with E-state index in [0.29, 0.717) is 0 Å². The maximum absolute atomic E-state index is 13.2. The fraction of sp³-hybridized carbons (Fsp3) is 0.933. The average Bonchev–Trinajstić information content (AvgIpc) is 2.49. The summed E-state index contributed by atoms with van der Waals surface area (Å²) in [5.74, 6) is 0.00329. The SMILES string of the molecule is O=C(CCCl)NP(=O)(NC1CCCCC1)NC1CCCCC1. The highest BCUT2D eigenvalue weighted by Gasteiger charge is 2.31. The lowest BCUT2D eigenvalue weighted by atomic mass is 9.96. The minimum atomic E-state index is -3.10. The Morgan fingerprint density at radius 3 is 1.77 bits per heavy atom. The first-order valence-corrected chi connectivity index (χ1v) is 10.9. The summed E-state index contributed by atoms with van der Waals surface area (Å²) in [4.78, 5) is 11.9. The molecule has 0 heterocycles. The Morgan fingerprint density at radius 2 is 1.36 bits per heavy atom. The minimum Gasteiger partial charge on any atom is -0.283 e. The molecule has 0 aliphatic heterocycles. The van der Waals surface area contributed by atoms with Crippen molar-refractivity contribution in [3.8, 4) is 0 Å². The van der Waals surface area contributed by atoms with Crippen molar-refractivity contribution in [1.82, 2.24) is 15.3 Å². The zero-order valence-corrected chi connectivity index (χ0v) is 14.9. The van der Waals surface area contributed by atoms with Crippen molar-refractivity contribution in [2.24, 2.45) is 0 Å². The number of rotatable bonds is 7. The number of amides is 1. The van der Waals surface area contributed by atoms with Crippen LogP contribution in [0.25, 0.3) is 0 Å². The first-order chi connectivity index (χ1) is 10.6. The number of alkyl halides is 1. The smallest absolute Gasteiger partial charge is 0.283 e. The van der Waals surface area contributed by atoms with E-state index in [2.05, 4.69) is 15.3 Å². The largest absolute Gasteiger partial charge is 0.306 e. The molecule has 0 aromatic carbocycles. The lowest BCUT2D eigenvalue weighted by molar-refractivity contribution is -0.119. The molecule has 0 spiro atoms. The fourth-order valence-corrected chi connectivity index (χ4v) is 5.78. The van der Waals surface area contributed by atoms with Crippen LogP contribution in [0.5, 0.6) is 0 Å². The summed E-state index contributed by atoms with van der Waals surface area (Å²) < 4.78 is 13.2. The molecular weight excluding hydrogens is 321 g/mol. The topological polar surface area (TPSA) is 70.2 Å². The molecule has 5 nitrogen and oxygen atoms in total. The predicted octanol–water partition coefficient (Wildman–Crippen LogP) is 3.68. The molecule has 22 heavy (non-hydrogen) atoms. The molecule has 0 radical (unpaired) electrons. The van der Waals surface area contributed by atoms with E-state index in [4.69, 9.17) is 11.6 Å². The molecule has 0 unspecified atom stereocenters. The van der Waals surface area contributed by atoms with Crippen LogP contribution >= 0.6 is 19.2 Å². The van der Waals surface area contributed by atoms with Crippen molar-refractivity contribution in [2.45, 2.75) is 82.7 Å². The molecule has 0 saturated heterocycles. The van der Waals surface area contributed by atoms with Crippen molar-refractivity contribution in [3.05, 3.63) is 0 Å². The van der Waals surface area contributed by atoms with E-state index in [1.54, 1.807) is 0 Å². The second-order valence-electron chi connectivity index (χ2n) is 6.51. The quantitative estimate of drug-likeness (QED) is 0.484. The van der Waals surface area contributed by atoms with E-state index in [0.717, 1.165) is 51.4 Å². The van der Waals surface area contributed by atoms with Gasteiger partial charge in [0, 0.05) is 24.4 Å². The van der Waals surface area contributed by atoms with Gasteiger partial charge < -0.3 is 0 Å². The predicted molar refractivity (Wildman–Crippen MR) is 91.1 cm³/mol. The van der Waals surface area contributed by atoms with E-state index in [-0.39, 0.29) is 30.3 Å². The average molecular weight is 350 g/mol. The summed E-state index contributed by atoms with van der Waals surface area (Å²) in [6.07, 6.45) is 11.5. The number of halogens is 1. The highest BCUT2D eigenvalue weighted by Crippen LogP contribution is 2.37. The van der Waals surface area contributed by atoms with Crippen molar-refractivity contribution in [3.63, 3.8) is 0 Å². The summed E-state index contributed by atoms with van der Waals surface area (Å²) >= 11 is 5.62. The highest BCUT2D eigenvalue weighted by atomic mass is 35.5. The second-order valence-corrected chi connectivity index (χ2v) is 8.85. The number of carbonyl (C=O) groups is 1. The summed E-state index contributed by atoms with van der Waals surface area (Å²) in [6.45, 7) is 0. The molecule has 2 aliphatic rings. The van der Waals surface area contributed by atoms with Gasteiger partial charge in [-0.2, -0.15) is 0 Å². The van der Waals surface area contributed by atoms with Crippen LogP contribution < -0.4 is 15.3 Å². The van der Waals surface area contributed by atoms with E-state index >= 15 is 0 Å². The van der Waals surface area contributed by atoms with Gasteiger partial charge in [-0.25, -0.2) is 10.2 Å². The zero-order valence-electron chi connectivity index (χ0n) is 13.3. The Morgan fingerprint density at radius 1 is 0.909 bits per heavy atom. The molecule has 0 atom stereocenters. The Bertz CT molecular complexity index is 372. The van der Waals surface area contributed by atoms with Gasteiger partial charge in [-0.15, -0.1) is 11.6 Å². The Balaban J connectivity index is 1.97. The second kappa shape index (κ2) is 9.27. The van der Waals surface area contributed by atoms with Crippen LogP contribution in [0.1, 0.15) is 70.6 Å². The monoisotopic (exact) mass is 349 g/mol.